The van der Waals surface area contributed by atoms with Crippen molar-refractivity contribution in [2.45, 2.75) is 44.9 Å². The number of benzene rings is 2. The molecule has 200 valence electrons. The van der Waals surface area contributed by atoms with Gasteiger partial charge < -0.3 is 10.1 Å². The summed E-state index contributed by atoms with van der Waals surface area (Å²) < 4.78 is 68.3. The molecule has 0 fully saturated rings. The van der Waals surface area contributed by atoms with Crippen LogP contribution in [0.15, 0.2) is 66.0 Å². The van der Waals surface area contributed by atoms with Gasteiger partial charge in [-0.1, -0.05) is 32.0 Å². The summed E-state index contributed by atoms with van der Waals surface area (Å²) in [6.45, 7) is 4.20. The number of hydrogen-bond acceptors (Lipinski definition) is 5. The second-order valence-corrected chi connectivity index (χ2v) is 9.11. The highest BCUT2D eigenvalue weighted by molar-refractivity contribution is 7.80. The van der Waals surface area contributed by atoms with E-state index in [1.807, 2.05) is 30.3 Å². The van der Waals surface area contributed by atoms with Crippen LogP contribution in [0.3, 0.4) is 0 Å². The van der Waals surface area contributed by atoms with E-state index >= 15 is 0 Å². The fourth-order valence-electron chi connectivity index (χ4n) is 3.67. The number of nitrogens with one attached hydrogen (secondary N) is 2. The van der Waals surface area contributed by atoms with Crippen LogP contribution in [0.5, 0.6) is 5.75 Å². The van der Waals surface area contributed by atoms with Gasteiger partial charge in [-0.15, -0.1) is 5.10 Å². The van der Waals surface area contributed by atoms with Gasteiger partial charge in [-0.25, -0.2) is 9.67 Å². The van der Waals surface area contributed by atoms with Gasteiger partial charge >= 0.3 is 12.3 Å². The molecule has 0 unspecified atom stereocenters. The Bertz CT molecular complexity index is 1370. The Balaban J connectivity index is 1.38. The fourth-order valence-corrected chi connectivity index (χ4v) is 3.82. The Morgan fingerprint density at radius 2 is 1.76 bits per heavy atom. The van der Waals surface area contributed by atoms with Crippen molar-refractivity contribution in [3.8, 4) is 11.4 Å². The number of nitrogens with zero attached hydrogens (tertiary/aromatic N) is 4. The van der Waals surface area contributed by atoms with E-state index in [4.69, 9.17) is 12.2 Å². The number of aromatic nitrogens is 3. The van der Waals surface area contributed by atoms with E-state index in [1.165, 1.54) is 23.1 Å². The number of halogens is 5. The molecule has 0 radical (unpaired) electrons. The average molecular weight is 551 g/mol. The van der Waals surface area contributed by atoms with E-state index in [-0.39, 0.29) is 0 Å². The fraction of sp³-hybridized carbons (Fsp3) is 0.280. The van der Waals surface area contributed by atoms with Gasteiger partial charge in [0.1, 0.15) is 12.1 Å². The zero-order chi connectivity index (χ0) is 27.5. The van der Waals surface area contributed by atoms with Crippen LogP contribution in [-0.4, -0.2) is 37.9 Å². The molecule has 13 heteroatoms. The standard InChI is InChI=1S/C25H23F5N6OS/c1-15(2)20-5-3-4-6-21(20)32-23(38)34-33-17-8-7-16(13-17)22-31-14-36(35-22)18-9-11-19(12-10-18)37-25(29,30)24(26,27)28/h3-6,9-15H,7-8H2,1-2H3,(H2,32,34,38)/b33-17+. The minimum atomic E-state index is -5.82. The van der Waals surface area contributed by atoms with Crippen LogP contribution in [0, 0.1) is 0 Å². The van der Waals surface area contributed by atoms with E-state index in [1.54, 1.807) is 0 Å². The number of hydrazone groups is 1. The summed E-state index contributed by atoms with van der Waals surface area (Å²) in [4.78, 5) is 4.27. The SMILES string of the molecule is CC(C)c1ccccc1NC(=S)N/N=C1/C=C(c2ncn(-c3ccc(OC(F)(F)C(F)(F)F)cc3)n2)CC1. The molecule has 3 aromatic rings. The van der Waals surface area contributed by atoms with Crippen LogP contribution in [0.1, 0.15) is 44.0 Å². The van der Waals surface area contributed by atoms with E-state index in [0.717, 1.165) is 34.7 Å². The maximum absolute atomic E-state index is 13.1. The molecule has 4 rings (SSSR count). The summed E-state index contributed by atoms with van der Waals surface area (Å²) in [5.41, 5.74) is 6.89. The first-order valence-electron chi connectivity index (χ1n) is 11.5. The van der Waals surface area contributed by atoms with E-state index in [0.29, 0.717) is 35.4 Å². The van der Waals surface area contributed by atoms with Gasteiger partial charge in [0.2, 0.25) is 0 Å². The first-order chi connectivity index (χ1) is 17.9. The topological polar surface area (TPSA) is 76.4 Å². The van der Waals surface area contributed by atoms with Gasteiger partial charge in [-0.05, 0) is 72.9 Å². The maximum Gasteiger partial charge on any atom is 0.499 e. The number of thiocarbonyl (C=S) groups is 1. The Kier molecular flexibility index (Phi) is 7.76. The highest BCUT2D eigenvalue weighted by atomic mass is 32.1. The van der Waals surface area contributed by atoms with E-state index in [2.05, 4.69) is 44.5 Å². The lowest BCUT2D eigenvalue weighted by Crippen LogP contribution is -2.41. The third-order valence-corrected chi connectivity index (χ3v) is 5.77. The van der Waals surface area contributed by atoms with Gasteiger partial charge in [0.25, 0.3) is 0 Å². The second kappa shape index (κ2) is 10.9. The molecule has 1 heterocycles. The first-order valence-corrected chi connectivity index (χ1v) is 11.9. The van der Waals surface area contributed by atoms with Gasteiger partial charge in [0.15, 0.2) is 10.9 Å². The van der Waals surface area contributed by atoms with Gasteiger partial charge in [0.05, 0.1) is 11.4 Å². The number of hydrogen-bond donors (Lipinski definition) is 2. The smallest absolute Gasteiger partial charge is 0.426 e. The lowest BCUT2D eigenvalue weighted by molar-refractivity contribution is -0.360. The van der Waals surface area contributed by atoms with Crippen molar-refractivity contribution in [2.75, 3.05) is 5.32 Å². The minimum absolute atomic E-state index is 0.325. The molecule has 38 heavy (non-hydrogen) atoms. The van der Waals surface area contributed by atoms with Gasteiger partial charge in [-0.3, -0.25) is 5.43 Å². The predicted octanol–water partition coefficient (Wildman–Crippen LogP) is 6.44. The van der Waals surface area contributed by atoms with E-state index < -0.39 is 18.0 Å². The summed E-state index contributed by atoms with van der Waals surface area (Å²) in [6, 6.07) is 12.5. The Morgan fingerprint density at radius 3 is 2.45 bits per heavy atom. The predicted molar refractivity (Wildman–Crippen MR) is 138 cm³/mol. The third kappa shape index (κ3) is 6.33. The molecule has 2 aromatic carbocycles. The van der Waals surface area contributed by atoms with E-state index in [9.17, 15) is 22.0 Å². The molecule has 0 saturated carbocycles. The van der Waals surface area contributed by atoms with Crippen molar-refractivity contribution >= 4 is 34.3 Å². The van der Waals surface area contributed by atoms with Crippen molar-refractivity contribution in [1.82, 2.24) is 20.2 Å². The Labute approximate surface area is 220 Å². The number of anilines is 1. The van der Waals surface area contributed by atoms with Gasteiger partial charge in [-0.2, -0.15) is 27.1 Å². The molecule has 0 aliphatic heterocycles. The number of ether oxygens (including phenoxy) is 1. The minimum Gasteiger partial charge on any atom is -0.426 e. The Hall–Kier alpha value is -3.87. The number of alkyl halides is 5. The van der Waals surface area contributed by atoms with Crippen molar-refractivity contribution in [3.05, 3.63) is 72.3 Å². The molecular formula is C25H23F5N6OS. The quantitative estimate of drug-likeness (QED) is 0.200. The molecule has 1 aliphatic carbocycles. The molecule has 1 aromatic heterocycles. The monoisotopic (exact) mass is 550 g/mol. The highest BCUT2D eigenvalue weighted by Gasteiger charge is 2.61. The van der Waals surface area contributed by atoms with Crippen LogP contribution in [0.4, 0.5) is 27.6 Å². The normalized spacial score (nSPS) is 15.1. The maximum atomic E-state index is 13.1. The third-order valence-electron chi connectivity index (χ3n) is 5.58. The van der Waals surface area contributed by atoms with Crippen LogP contribution < -0.4 is 15.5 Å². The zero-order valence-corrected chi connectivity index (χ0v) is 21.1. The molecule has 0 bridgehead atoms. The zero-order valence-electron chi connectivity index (χ0n) is 20.3. The average Bonchev–Trinajstić information content (AvgIpc) is 3.52. The van der Waals surface area contributed by atoms with Crippen LogP contribution in [-0.2, 0) is 0 Å². The first kappa shape index (κ1) is 27.2. The molecular weight excluding hydrogens is 527 g/mol. The van der Waals surface area contributed by atoms with Crippen molar-refractivity contribution < 1.29 is 26.7 Å². The number of rotatable bonds is 7. The molecule has 0 amide bonds. The van der Waals surface area contributed by atoms with Crippen molar-refractivity contribution in [1.29, 1.82) is 0 Å². The summed E-state index contributed by atoms with van der Waals surface area (Å²) in [7, 11) is 0. The molecule has 0 atom stereocenters. The Morgan fingerprint density at radius 1 is 1.05 bits per heavy atom. The van der Waals surface area contributed by atoms with Crippen LogP contribution in [0.25, 0.3) is 11.3 Å². The molecule has 1 aliphatic rings. The molecule has 0 spiro atoms. The lowest BCUT2D eigenvalue weighted by Gasteiger charge is -2.20. The van der Waals surface area contributed by atoms with Crippen LogP contribution in [0.2, 0.25) is 0 Å². The molecule has 0 saturated heterocycles. The summed E-state index contributed by atoms with van der Waals surface area (Å²) in [5, 5.41) is 12.3. The number of para-hydroxylation sites is 1. The van der Waals surface area contributed by atoms with Gasteiger partial charge in [0, 0.05) is 11.3 Å². The van der Waals surface area contributed by atoms with Crippen LogP contribution >= 0.6 is 12.2 Å². The largest absolute Gasteiger partial charge is 0.499 e. The lowest BCUT2D eigenvalue weighted by atomic mass is 10.0. The summed E-state index contributed by atoms with van der Waals surface area (Å²) >= 11 is 5.37. The van der Waals surface area contributed by atoms with Crippen molar-refractivity contribution in [2.24, 2.45) is 5.10 Å². The highest BCUT2D eigenvalue weighted by Crippen LogP contribution is 2.37. The molecule has 7 nitrogen and oxygen atoms in total. The molecule has 2 N–H and O–H groups in total. The second-order valence-electron chi connectivity index (χ2n) is 8.70. The van der Waals surface area contributed by atoms with Crippen molar-refractivity contribution in [3.63, 3.8) is 0 Å². The summed E-state index contributed by atoms with van der Waals surface area (Å²) in [6.07, 6.45) is -6.58. The number of allylic oxidation sites excluding steroid dienone is 2. The summed E-state index contributed by atoms with van der Waals surface area (Å²) in [5.74, 6) is 0.125.